The quantitative estimate of drug-likeness (QED) is 0.0275. The van der Waals surface area contributed by atoms with E-state index in [0.29, 0.717) is 26.0 Å². The van der Waals surface area contributed by atoms with E-state index in [2.05, 4.69) is 25.7 Å². The van der Waals surface area contributed by atoms with Crippen LogP contribution in [0.25, 0.3) is 0 Å². The molecule has 0 aliphatic carbocycles. The Kier molecular flexibility index (Phi) is 42.3. The summed E-state index contributed by atoms with van der Waals surface area (Å²) in [5.41, 5.74) is 0. The fourth-order valence-corrected chi connectivity index (χ4v) is 7.43. The molecule has 0 fully saturated rings. The van der Waals surface area contributed by atoms with Crippen molar-refractivity contribution >= 4 is 23.8 Å². The van der Waals surface area contributed by atoms with Crippen molar-refractivity contribution in [1.29, 1.82) is 0 Å². The second-order valence-corrected chi connectivity index (χ2v) is 16.6. The van der Waals surface area contributed by atoms with Crippen LogP contribution in [-0.2, 0) is 30.9 Å². The van der Waals surface area contributed by atoms with Gasteiger partial charge in [0.1, 0.15) is 18.0 Å². The molecule has 0 saturated carbocycles. The third-order valence-electron chi connectivity index (χ3n) is 10.7. The largest absolute Gasteiger partial charge is 0.466 e. The first-order valence-corrected chi connectivity index (χ1v) is 24.1. The van der Waals surface area contributed by atoms with E-state index >= 15 is 0 Å². The van der Waals surface area contributed by atoms with Crippen LogP contribution in [0, 0.1) is 0 Å². The van der Waals surface area contributed by atoms with Gasteiger partial charge in [-0.2, -0.15) is 0 Å². The van der Waals surface area contributed by atoms with Gasteiger partial charge in [0.05, 0.1) is 6.61 Å². The third-order valence-corrected chi connectivity index (χ3v) is 11.1. The summed E-state index contributed by atoms with van der Waals surface area (Å²) >= 11 is -0.350. The maximum absolute atomic E-state index is 12.8. The number of carbonyl (C=O) groups is 2. The van der Waals surface area contributed by atoms with Crippen LogP contribution in [0.15, 0.2) is 0 Å². The number of nitrogens with zero attached hydrogens (tertiary/aromatic N) is 2. The zero-order valence-corrected chi connectivity index (χ0v) is 36.9. The number of rotatable bonds is 44. The highest BCUT2D eigenvalue weighted by Gasteiger charge is 2.14. The van der Waals surface area contributed by atoms with Gasteiger partial charge in [-0.15, -0.1) is 4.47 Å². The van der Waals surface area contributed by atoms with Gasteiger partial charge < -0.3 is 19.6 Å². The van der Waals surface area contributed by atoms with Gasteiger partial charge in [-0.3, -0.25) is 9.59 Å². The van der Waals surface area contributed by atoms with Gasteiger partial charge in [0.25, 0.3) is 0 Å². The minimum Gasteiger partial charge on any atom is -0.466 e. The average molecular weight is 787 g/mol. The summed E-state index contributed by atoms with van der Waals surface area (Å²) < 4.78 is 23.2. The predicted octanol–water partition coefficient (Wildman–Crippen LogP) is 12.6. The molecule has 0 bridgehead atoms. The molecule has 0 aromatic heterocycles. The van der Waals surface area contributed by atoms with E-state index in [1.165, 1.54) is 109 Å². The second kappa shape index (κ2) is 43.1. The number of hydrogen-bond donors (Lipinski definition) is 2. The molecule has 0 aromatic rings. The maximum Gasteiger partial charge on any atom is 0.306 e. The van der Waals surface area contributed by atoms with Crippen molar-refractivity contribution in [3.63, 3.8) is 0 Å². The van der Waals surface area contributed by atoms with Gasteiger partial charge in [0.2, 0.25) is 0 Å². The van der Waals surface area contributed by atoms with Crippen molar-refractivity contribution in [2.45, 2.75) is 245 Å². The van der Waals surface area contributed by atoms with Gasteiger partial charge in [-0.25, -0.2) is 4.21 Å². The Hall–Kier alpha value is -1.03. The molecule has 0 amide bonds. The van der Waals surface area contributed by atoms with Crippen molar-refractivity contribution in [3.05, 3.63) is 0 Å². The Morgan fingerprint density at radius 3 is 1.35 bits per heavy atom. The number of unbranched alkanes of at least 4 members (excludes halogenated alkanes) is 24. The molecule has 0 rings (SSSR count). The summed E-state index contributed by atoms with van der Waals surface area (Å²) in [6.45, 7) is 10.6. The first-order chi connectivity index (χ1) is 26.5. The highest BCUT2D eigenvalue weighted by Crippen LogP contribution is 2.19. The molecule has 0 atom stereocenters. The zero-order valence-electron chi connectivity index (χ0n) is 36.0. The lowest BCUT2D eigenvalue weighted by atomic mass is 10.0. The van der Waals surface area contributed by atoms with E-state index in [1.807, 2.05) is 0 Å². The normalized spacial score (nSPS) is 11.7. The molecule has 0 aromatic carbocycles. The molecule has 0 radical (unpaired) electrons. The Balaban J connectivity index is 4.24. The average Bonchev–Trinajstić information content (AvgIpc) is 3.17. The molecule has 0 heterocycles. The monoisotopic (exact) mass is 787 g/mol. The summed E-state index contributed by atoms with van der Waals surface area (Å²) in [6.07, 6.45) is 38.5. The van der Waals surface area contributed by atoms with Crippen molar-refractivity contribution in [2.75, 3.05) is 32.8 Å². The molecule has 0 saturated heterocycles. The van der Waals surface area contributed by atoms with Crippen LogP contribution in [0.2, 0.25) is 0 Å². The Bertz CT molecular complexity index is 803. The van der Waals surface area contributed by atoms with E-state index in [0.717, 1.165) is 120 Å². The molecular weight excluding hydrogens is 697 g/mol. The number of esters is 2. The summed E-state index contributed by atoms with van der Waals surface area (Å²) in [7, 11) is 0. The number of ether oxygens (including phenoxy) is 2. The van der Waals surface area contributed by atoms with Crippen molar-refractivity contribution in [2.24, 2.45) is 0 Å². The lowest BCUT2D eigenvalue weighted by Gasteiger charge is -2.22. The molecule has 322 valence electrons. The molecule has 0 unspecified atom stereocenters. The molecule has 0 spiro atoms. The summed E-state index contributed by atoms with van der Waals surface area (Å²) in [6, 6.07) is 0. The van der Waals surface area contributed by atoms with Crippen LogP contribution >= 0.6 is 0 Å². The standard InChI is InChI=1S/C45H90N2O6S/c1-4-7-10-13-16-25-32-42-52-44(48)36-28-21-17-23-30-38-46(40-33-41-47(50)54-51)39-31-24-18-22-29-37-45(49)53-43(34-26-19-14-11-8-5-2)35-27-20-15-12-9-6-3/h43,50,54H,4-42H2,1-3H3. The molecule has 54 heavy (non-hydrogen) atoms. The van der Waals surface area contributed by atoms with Crippen molar-refractivity contribution in [1.82, 2.24) is 9.37 Å². The van der Waals surface area contributed by atoms with E-state index in [9.17, 15) is 19.0 Å². The summed E-state index contributed by atoms with van der Waals surface area (Å²) in [5, 5.41) is 9.57. The van der Waals surface area contributed by atoms with Crippen LogP contribution < -0.4 is 0 Å². The maximum atomic E-state index is 12.8. The van der Waals surface area contributed by atoms with Gasteiger partial charge in [-0.1, -0.05) is 162 Å². The number of hydrogen-bond acceptors (Lipinski definition) is 7. The van der Waals surface area contributed by atoms with Gasteiger partial charge in [-0.05, 0) is 83.8 Å². The first kappa shape index (κ1) is 53.0. The molecule has 0 aliphatic heterocycles. The van der Waals surface area contributed by atoms with Crippen molar-refractivity contribution < 1.29 is 28.5 Å². The van der Waals surface area contributed by atoms with E-state index in [-0.39, 0.29) is 29.9 Å². The molecular formula is C45H90N2O6S. The third kappa shape index (κ3) is 39.2. The lowest BCUT2D eigenvalue weighted by molar-refractivity contribution is -0.150. The number of carbonyl (C=O) groups excluding carboxylic acids is 2. The summed E-state index contributed by atoms with van der Waals surface area (Å²) in [5.74, 6) is -0.0500. The van der Waals surface area contributed by atoms with Gasteiger partial charge >= 0.3 is 11.9 Å². The van der Waals surface area contributed by atoms with Crippen LogP contribution in [0.1, 0.15) is 239 Å². The number of thiol groups is 1. The Labute approximate surface area is 338 Å². The summed E-state index contributed by atoms with van der Waals surface area (Å²) in [4.78, 5) is 27.3. The lowest BCUT2D eigenvalue weighted by Crippen LogP contribution is -2.29. The van der Waals surface area contributed by atoms with E-state index in [1.54, 1.807) is 0 Å². The number of hydroxylamine groups is 1. The minimum absolute atomic E-state index is 0.00253. The molecule has 8 nitrogen and oxygen atoms in total. The smallest absolute Gasteiger partial charge is 0.306 e. The highest BCUT2D eigenvalue weighted by atomic mass is 32.2. The minimum atomic E-state index is -0.350. The molecule has 0 aliphatic rings. The van der Waals surface area contributed by atoms with E-state index < -0.39 is 0 Å². The molecule has 9 heteroatoms. The SMILES string of the molecule is CCCCCCCCCOC(=O)CCCCCCCN(CCCCCCCC(=O)OC(CCCCCCCC)CCCCCCCC)CCCN(O)[SH]=O. The van der Waals surface area contributed by atoms with Crippen molar-refractivity contribution in [3.8, 4) is 0 Å². The Morgan fingerprint density at radius 2 is 0.870 bits per heavy atom. The molecule has 1 N–H and O–H groups in total. The van der Waals surface area contributed by atoms with E-state index in [4.69, 9.17) is 9.47 Å². The Morgan fingerprint density at radius 1 is 0.481 bits per heavy atom. The fourth-order valence-electron chi connectivity index (χ4n) is 7.21. The fraction of sp³-hybridized carbons (Fsp3) is 0.956. The zero-order chi connectivity index (χ0) is 39.6. The predicted molar refractivity (Wildman–Crippen MR) is 229 cm³/mol. The van der Waals surface area contributed by atoms with Gasteiger partial charge in [0.15, 0.2) is 0 Å². The topological polar surface area (TPSA) is 96.4 Å². The van der Waals surface area contributed by atoms with Crippen LogP contribution in [-0.4, -0.2) is 69.6 Å². The van der Waals surface area contributed by atoms with Crippen LogP contribution in [0.3, 0.4) is 0 Å². The van der Waals surface area contributed by atoms with Crippen LogP contribution in [0.5, 0.6) is 0 Å². The highest BCUT2D eigenvalue weighted by molar-refractivity contribution is 7.62. The van der Waals surface area contributed by atoms with Gasteiger partial charge in [0, 0.05) is 19.4 Å². The van der Waals surface area contributed by atoms with Crippen LogP contribution in [0.4, 0.5) is 0 Å². The first-order valence-electron chi connectivity index (χ1n) is 23.3. The second-order valence-electron chi connectivity index (χ2n) is 16.0.